The van der Waals surface area contributed by atoms with Crippen molar-refractivity contribution in [1.82, 2.24) is 14.8 Å². The van der Waals surface area contributed by atoms with E-state index < -0.39 is 0 Å². The van der Waals surface area contributed by atoms with Crippen LogP contribution in [-0.4, -0.2) is 52.9 Å². The summed E-state index contributed by atoms with van der Waals surface area (Å²) in [5.74, 6) is 0.136. The minimum Gasteiger partial charge on any atom is -0.462 e. The van der Waals surface area contributed by atoms with Gasteiger partial charge in [-0.3, -0.25) is 4.79 Å². The van der Waals surface area contributed by atoms with Gasteiger partial charge in [0.2, 0.25) is 0 Å². The number of anilines is 1. The molecule has 3 aromatic rings. The molecule has 7 nitrogen and oxygen atoms in total. The average Bonchev–Trinajstić information content (AvgIpc) is 3.39. The number of rotatable bonds is 3. The molecule has 0 atom stereocenters. The number of urea groups is 1. The highest BCUT2D eigenvalue weighted by Crippen LogP contribution is 2.28. The largest absolute Gasteiger partial charge is 0.462 e. The molecule has 3 amide bonds. The maximum Gasteiger partial charge on any atom is 0.321 e. The molecule has 1 fully saturated rings. The number of carbonyl (C=O) groups excluding carboxylic acids is 2. The number of thiazole rings is 1. The van der Waals surface area contributed by atoms with Gasteiger partial charge in [0.25, 0.3) is 5.91 Å². The number of benzene rings is 1. The lowest BCUT2D eigenvalue weighted by atomic mass is 10.2. The number of amides is 3. The monoisotopic (exact) mass is 414 g/mol. The lowest BCUT2D eigenvalue weighted by Gasteiger charge is -2.34. The summed E-state index contributed by atoms with van der Waals surface area (Å²) in [6.45, 7) is 3.52. The van der Waals surface area contributed by atoms with Gasteiger partial charge in [-0.15, -0.1) is 11.3 Å². The molecule has 1 saturated heterocycles. The van der Waals surface area contributed by atoms with E-state index in [0.29, 0.717) is 48.3 Å². The third-order valence-electron chi connectivity index (χ3n) is 4.68. The smallest absolute Gasteiger partial charge is 0.321 e. The van der Waals surface area contributed by atoms with Crippen LogP contribution in [0, 0.1) is 12.7 Å². The van der Waals surface area contributed by atoms with Crippen LogP contribution in [0.15, 0.2) is 47.1 Å². The fourth-order valence-electron chi connectivity index (χ4n) is 3.10. The van der Waals surface area contributed by atoms with Crippen molar-refractivity contribution in [3.63, 3.8) is 0 Å². The van der Waals surface area contributed by atoms with Gasteiger partial charge in [-0.25, -0.2) is 14.2 Å². The molecule has 2 aromatic heterocycles. The standard InChI is InChI=1S/C20H19FN4O3S/c1-13-17(23-18(29-13)16-3-2-12-28-16)19(26)24-8-10-25(11-9-24)20(27)22-15-6-4-14(21)5-7-15/h2-7,12H,8-11H2,1H3,(H,22,27). The first-order valence-corrected chi connectivity index (χ1v) is 9.95. The minimum atomic E-state index is -0.359. The maximum atomic E-state index is 13.0. The Morgan fingerprint density at radius 3 is 2.45 bits per heavy atom. The Balaban J connectivity index is 1.36. The highest BCUT2D eigenvalue weighted by atomic mass is 32.1. The molecule has 0 radical (unpaired) electrons. The molecule has 1 aliphatic heterocycles. The van der Waals surface area contributed by atoms with Crippen molar-refractivity contribution < 1.29 is 18.4 Å². The summed E-state index contributed by atoms with van der Waals surface area (Å²) >= 11 is 1.42. The number of aromatic nitrogens is 1. The number of halogens is 1. The molecule has 0 spiro atoms. The molecular formula is C20H19FN4O3S. The first-order chi connectivity index (χ1) is 14.0. The van der Waals surface area contributed by atoms with E-state index in [9.17, 15) is 14.0 Å². The zero-order chi connectivity index (χ0) is 20.4. The number of hydrogen-bond donors (Lipinski definition) is 1. The second kappa shape index (κ2) is 8.04. The van der Waals surface area contributed by atoms with Gasteiger partial charge < -0.3 is 19.5 Å². The summed E-state index contributed by atoms with van der Waals surface area (Å²) in [7, 11) is 0. The van der Waals surface area contributed by atoms with Crippen molar-refractivity contribution >= 4 is 29.0 Å². The topological polar surface area (TPSA) is 78.7 Å². The zero-order valence-corrected chi connectivity index (χ0v) is 16.5. The summed E-state index contributed by atoms with van der Waals surface area (Å²) in [6, 6.07) is 8.92. The van der Waals surface area contributed by atoms with Crippen molar-refractivity contribution in [2.45, 2.75) is 6.92 Å². The van der Waals surface area contributed by atoms with Gasteiger partial charge >= 0.3 is 6.03 Å². The van der Waals surface area contributed by atoms with Crippen molar-refractivity contribution in [3.05, 3.63) is 59.0 Å². The van der Waals surface area contributed by atoms with E-state index in [1.165, 1.54) is 35.6 Å². The van der Waals surface area contributed by atoms with Gasteiger partial charge in [-0.2, -0.15) is 0 Å². The zero-order valence-electron chi connectivity index (χ0n) is 15.7. The Kier molecular flexibility index (Phi) is 5.30. The van der Waals surface area contributed by atoms with E-state index in [2.05, 4.69) is 10.3 Å². The lowest BCUT2D eigenvalue weighted by molar-refractivity contribution is 0.0666. The van der Waals surface area contributed by atoms with Crippen LogP contribution in [0.4, 0.5) is 14.9 Å². The molecule has 0 unspecified atom stereocenters. The Morgan fingerprint density at radius 2 is 1.79 bits per heavy atom. The van der Waals surface area contributed by atoms with Crippen LogP contribution >= 0.6 is 11.3 Å². The minimum absolute atomic E-state index is 0.143. The van der Waals surface area contributed by atoms with Crippen LogP contribution in [0.1, 0.15) is 15.4 Å². The predicted molar refractivity (Wildman–Crippen MR) is 107 cm³/mol. The number of nitrogens with zero attached hydrogens (tertiary/aromatic N) is 3. The van der Waals surface area contributed by atoms with Gasteiger partial charge in [-0.1, -0.05) is 0 Å². The van der Waals surface area contributed by atoms with Crippen LogP contribution in [-0.2, 0) is 0 Å². The van der Waals surface area contributed by atoms with Crippen molar-refractivity contribution in [2.75, 3.05) is 31.5 Å². The van der Waals surface area contributed by atoms with Crippen LogP contribution in [0.3, 0.4) is 0 Å². The molecule has 29 heavy (non-hydrogen) atoms. The summed E-state index contributed by atoms with van der Waals surface area (Å²) in [4.78, 5) is 33.9. The molecule has 1 N–H and O–H groups in total. The van der Waals surface area contributed by atoms with E-state index in [1.807, 2.05) is 13.0 Å². The van der Waals surface area contributed by atoms with Gasteiger partial charge in [0, 0.05) is 36.7 Å². The second-order valence-corrected chi connectivity index (χ2v) is 7.82. The van der Waals surface area contributed by atoms with E-state index in [4.69, 9.17) is 4.42 Å². The molecule has 0 saturated carbocycles. The van der Waals surface area contributed by atoms with Crippen molar-refractivity contribution in [1.29, 1.82) is 0 Å². The Hall–Kier alpha value is -3.20. The Morgan fingerprint density at radius 1 is 1.10 bits per heavy atom. The lowest BCUT2D eigenvalue weighted by Crippen LogP contribution is -2.51. The Labute approximate surface area is 170 Å². The first-order valence-electron chi connectivity index (χ1n) is 9.13. The molecule has 150 valence electrons. The molecule has 0 bridgehead atoms. The molecule has 0 aliphatic carbocycles. The highest BCUT2D eigenvalue weighted by Gasteiger charge is 2.28. The average molecular weight is 414 g/mol. The second-order valence-electron chi connectivity index (χ2n) is 6.62. The number of nitrogens with one attached hydrogen (secondary N) is 1. The van der Waals surface area contributed by atoms with E-state index in [1.54, 1.807) is 22.1 Å². The quantitative estimate of drug-likeness (QED) is 0.706. The van der Waals surface area contributed by atoms with E-state index >= 15 is 0 Å². The highest BCUT2D eigenvalue weighted by molar-refractivity contribution is 7.15. The number of furan rings is 1. The van der Waals surface area contributed by atoms with E-state index in [0.717, 1.165) is 4.88 Å². The summed E-state index contributed by atoms with van der Waals surface area (Å²) in [6.07, 6.45) is 1.57. The van der Waals surface area contributed by atoms with Gasteiger partial charge in [-0.05, 0) is 43.3 Å². The maximum absolute atomic E-state index is 13.0. The normalized spacial score (nSPS) is 14.1. The van der Waals surface area contributed by atoms with Gasteiger partial charge in [0.15, 0.2) is 10.8 Å². The fourth-order valence-corrected chi connectivity index (χ4v) is 3.97. The van der Waals surface area contributed by atoms with E-state index in [-0.39, 0.29) is 17.8 Å². The third-order valence-corrected chi connectivity index (χ3v) is 5.67. The molecule has 1 aliphatic rings. The molecule has 1 aromatic carbocycles. The Bertz CT molecular complexity index is 1010. The van der Waals surface area contributed by atoms with Crippen LogP contribution in [0.5, 0.6) is 0 Å². The third kappa shape index (κ3) is 4.14. The molecule has 3 heterocycles. The fraction of sp³-hybridized carbons (Fsp3) is 0.250. The number of piperazine rings is 1. The van der Waals surface area contributed by atoms with Gasteiger partial charge in [0.05, 0.1) is 6.26 Å². The first kappa shape index (κ1) is 19.1. The van der Waals surface area contributed by atoms with Crippen molar-refractivity contribution in [2.24, 2.45) is 0 Å². The number of aryl methyl sites for hydroxylation is 1. The van der Waals surface area contributed by atoms with Crippen LogP contribution in [0.2, 0.25) is 0 Å². The van der Waals surface area contributed by atoms with Crippen LogP contribution < -0.4 is 5.32 Å². The molecule has 9 heteroatoms. The predicted octanol–water partition coefficient (Wildman–Crippen LogP) is 3.84. The SMILES string of the molecule is Cc1sc(-c2ccco2)nc1C(=O)N1CCN(C(=O)Nc2ccc(F)cc2)CC1. The molecule has 4 rings (SSSR count). The van der Waals surface area contributed by atoms with Crippen LogP contribution in [0.25, 0.3) is 10.8 Å². The van der Waals surface area contributed by atoms with Gasteiger partial charge in [0.1, 0.15) is 11.5 Å². The summed E-state index contributed by atoms with van der Waals surface area (Å²) in [5.41, 5.74) is 0.948. The van der Waals surface area contributed by atoms with Crippen molar-refractivity contribution in [3.8, 4) is 10.8 Å². The number of hydrogen-bond acceptors (Lipinski definition) is 5. The summed E-state index contributed by atoms with van der Waals surface area (Å²) < 4.78 is 18.3. The summed E-state index contributed by atoms with van der Waals surface area (Å²) in [5, 5.41) is 3.41. The number of carbonyl (C=O) groups is 2. The molecular weight excluding hydrogens is 395 g/mol.